The number of nitrogens with two attached hydrogens (primary N) is 1. The average Bonchev–Trinajstić information content (AvgIpc) is 2.63. The van der Waals surface area contributed by atoms with E-state index in [1.54, 1.807) is 0 Å². The van der Waals surface area contributed by atoms with Gasteiger partial charge in [-0.15, -0.1) is 0 Å². The van der Waals surface area contributed by atoms with E-state index in [0.717, 1.165) is 16.8 Å². The van der Waals surface area contributed by atoms with Gasteiger partial charge in [-0.2, -0.15) is 0 Å². The fourth-order valence-corrected chi connectivity index (χ4v) is 2.11. The Morgan fingerprint density at radius 2 is 2.21 bits per heavy atom. The first kappa shape index (κ1) is 13.9. The Labute approximate surface area is 106 Å². The van der Waals surface area contributed by atoms with Crippen molar-refractivity contribution in [1.29, 1.82) is 0 Å². The maximum Gasteiger partial charge on any atom is 0.330 e. The molecule has 0 bridgehead atoms. The van der Waals surface area contributed by atoms with Crippen molar-refractivity contribution in [2.45, 2.75) is 24.0 Å². The highest BCUT2D eigenvalue weighted by Crippen LogP contribution is 2.36. The largest absolute Gasteiger partial charge is 0.394 e. The molecule has 6 N–H and O–H groups in total. The first-order valence-electron chi connectivity index (χ1n) is 5.62. The summed E-state index contributed by atoms with van der Waals surface area (Å²) in [7, 11) is 0. The van der Waals surface area contributed by atoms with Gasteiger partial charge in [-0.3, -0.25) is 14.3 Å². The van der Waals surface area contributed by atoms with Crippen molar-refractivity contribution >= 4 is 0 Å². The van der Waals surface area contributed by atoms with E-state index >= 15 is 0 Å². The van der Waals surface area contributed by atoms with Crippen LogP contribution in [0.5, 0.6) is 0 Å². The first-order chi connectivity index (χ1) is 8.93. The van der Waals surface area contributed by atoms with Gasteiger partial charge in [0.15, 0.2) is 11.8 Å². The van der Waals surface area contributed by atoms with Gasteiger partial charge < -0.3 is 25.8 Å². The Kier molecular flexibility index (Phi) is 3.56. The summed E-state index contributed by atoms with van der Waals surface area (Å²) < 4.78 is 6.16. The number of ether oxygens (including phenoxy) is 1. The van der Waals surface area contributed by atoms with Crippen molar-refractivity contribution in [2.75, 3.05) is 13.2 Å². The number of hydrogen-bond donors (Lipinski definition) is 5. The molecule has 0 saturated carbocycles. The van der Waals surface area contributed by atoms with E-state index in [9.17, 15) is 19.8 Å². The van der Waals surface area contributed by atoms with E-state index < -0.39 is 41.9 Å². The molecule has 2 heterocycles. The van der Waals surface area contributed by atoms with Crippen molar-refractivity contribution < 1.29 is 20.1 Å². The van der Waals surface area contributed by atoms with Crippen LogP contribution in [-0.2, 0) is 4.74 Å². The third-order valence-electron chi connectivity index (χ3n) is 3.21. The Balaban J connectivity index is 2.48. The molecule has 106 valence electrons. The number of nitrogens with zero attached hydrogens (tertiary/aromatic N) is 1. The SMILES string of the molecule is NC[C@@]1(O)[C@H](O)[C@@H](CO)O[C@H]1n1ccc(=O)[nH]c1=O. The molecule has 1 aliphatic rings. The van der Waals surface area contributed by atoms with E-state index in [-0.39, 0.29) is 6.54 Å². The average molecular weight is 273 g/mol. The molecule has 1 aliphatic heterocycles. The van der Waals surface area contributed by atoms with Gasteiger partial charge in [0.2, 0.25) is 0 Å². The minimum Gasteiger partial charge on any atom is -0.394 e. The molecule has 4 atom stereocenters. The number of aliphatic hydroxyl groups excluding tert-OH is 2. The summed E-state index contributed by atoms with van der Waals surface area (Å²) in [6, 6.07) is 1.07. The molecule has 0 aromatic carbocycles. The molecular weight excluding hydrogens is 258 g/mol. The summed E-state index contributed by atoms with van der Waals surface area (Å²) in [5.41, 5.74) is 2.08. The summed E-state index contributed by atoms with van der Waals surface area (Å²) in [6.07, 6.45) is -2.70. The molecule has 9 heteroatoms. The van der Waals surface area contributed by atoms with E-state index in [2.05, 4.69) is 0 Å². The minimum atomic E-state index is -1.94. The molecule has 1 aromatic heterocycles. The third-order valence-corrected chi connectivity index (χ3v) is 3.21. The van der Waals surface area contributed by atoms with E-state index in [0.29, 0.717) is 0 Å². The highest BCUT2D eigenvalue weighted by Gasteiger charge is 2.55. The Hall–Kier alpha value is -1.52. The zero-order valence-electron chi connectivity index (χ0n) is 9.89. The molecule has 0 spiro atoms. The van der Waals surface area contributed by atoms with Crippen molar-refractivity contribution in [3.05, 3.63) is 33.1 Å². The van der Waals surface area contributed by atoms with Crippen LogP contribution in [0.3, 0.4) is 0 Å². The molecular formula is C10H15N3O6. The maximum atomic E-state index is 11.7. The predicted octanol–water partition coefficient (Wildman–Crippen LogP) is -3.52. The smallest absolute Gasteiger partial charge is 0.330 e. The fraction of sp³-hybridized carbons (Fsp3) is 0.600. The van der Waals surface area contributed by atoms with Crippen LogP contribution in [-0.4, -0.2) is 55.8 Å². The van der Waals surface area contributed by atoms with Gasteiger partial charge in [0, 0.05) is 18.8 Å². The van der Waals surface area contributed by atoms with Crippen LogP contribution in [0.15, 0.2) is 21.9 Å². The summed E-state index contributed by atoms with van der Waals surface area (Å²) in [5, 5.41) is 29.3. The lowest BCUT2D eigenvalue weighted by atomic mass is 9.94. The molecule has 0 aliphatic carbocycles. The van der Waals surface area contributed by atoms with Gasteiger partial charge >= 0.3 is 5.69 Å². The van der Waals surface area contributed by atoms with Gasteiger partial charge in [-0.05, 0) is 0 Å². The standard InChI is InChI=1S/C10H15N3O6/c11-4-10(18)7(16)5(3-14)19-8(10)13-2-1-6(15)12-9(13)17/h1-2,5,7-8,14,16,18H,3-4,11H2,(H,12,15,17)/t5-,7-,8-,10-/m1/s1. The van der Waals surface area contributed by atoms with Gasteiger partial charge in [-0.25, -0.2) is 4.79 Å². The van der Waals surface area contributed by atoms with Crippen LogP contribution in [0.2, 0.25) is 0 Å². The van der Waals surface area contributed by atoms with Gasteiger partial charge in [0.05, 0.1) is 6.61 Å². The number of aromatic nitrogens is 2. The van der Waals surface area contributed by atoms with Crippen molar-refractivity contribution in [3.63, 3.8) is 0 Å². The summed E-state index contributed by atoms with van der Waals surface area (Å²) >= 11 is 0. The summed E-state index contributed by atoms with van der Waals surface area (Å²) in [6.45, 7) is -0.932. The van der Waals surface area contributed by atoms with Crippen LogP contribution in [0.25, 0.3) is 0 Å². The number of aromatic amines is 1. The second kappa shape index (κ2) is 4.87. The molecule has 0 unspecified atom stereocenters. The van der Waals surface area contributed by atoms with Crippen LogP contribution in [0, 0.1) is 0 Å². The second-order valence-corrected chi connectivity index (χ2v) is 4.37. The molecule has 0 radical (unpaired) electrons. The number of hydrogen-bond acceptors (Lipinski definition) is 7. The first-order valence-corrected chi connectivity index (χ1v) is 5.62. The Bertz CT molecular complexity index is 569. The van der Waals surface area contributed by atoms with Crippen molar-refractivity contribution in [1.82, 2.24) is 9.55 Å². The lowest BCUT2D eigenvalue weighted by Gasteiger charge is -2.30. The normalized spacial score (nSPS) is 34.6. The van der Waals surface area contributed by atoms with E-state index in [1.165, 1.54) is 0 Å². The number of nitrogens with one attached hydrogen (secondary N) is 1. The van der Waals surface area contributed by atoms with E-state index in [1.807, 2.05) is 4.98 Å². The van der Waals surface area contributed by atoms with Crippen LogP contribution in [0.4, 0.5) is 0 Å². The quantitative estimate of drug-likeness (QED) is 0.383. The molecule has 2 rings (SSSR count). The number of H-pyrrole nitrogens is 1. The van der Waals surface area contributed by atoms with Gasteiger partial charge in [0.1, 0.15) is 12.2 Å². The predicted molar refractivity (Wildman–Crippen MR) is 62.3 cm³/mol. The number of aliphatic hydroxyl groups is 3. The topological polar surface area (TPSA) is 151 Å². The lowest BCUT2D eigenvalue weighted by Crippen LogP contribution is -2.54. The van der Waals surface area contributed by atoms with Crippen molar-refractivity contribution in [3.8, 4) is 0 Å². The fourth-order valence-electron chi connectivity index (χ4n) is 2.11. The second-order valence-electron chi connectivity index (χ2n) is 4.37. The molecule has 0 amide bonds. The third kappa shape index (κ3) is 2.11. The Morgan fingerprint density at radius 3 is 2.74 bits per heavy atom. The maximum absolute atomic E-state index is 11.7. The number of rotatable bonds is 3. The van der Waals surface area contributed by atoms with Crippen molar-refractivity contribution in [2.24, 2.45) is 5.73 Å². The highest BCUT2D eigenvalue weighted by atomic mass is 16.6. The van der Waals surface area contributed by atoms with Gasteiger partial charge in [0.25, 0.3) is 5.56 Å². The minimum absolute atomic E-state index is 0.388. The molecule has 9 nitrogen and oxygen atoms in total. The molecule has 1 aromatic rings. The monoisotopic (exact) mass is 273 g/mol. The molecule has 19 heavy (non-hydrogen) atoms. The highest BCUT2D eigenvalue weighted by molar-refractivity contribution is 5.03. The Morgan fingerprint density at radius 1 is 1.53 bits per heavy atom. The van der Waals surface area contributed by atoms with Crippen LogP contribution >= 0.6 is 0 Å². The van der Waals surface area contributed by atoms with Crippen LogP contribution in [0.1, 0.15) is 6.23 Å². The summed E-state index contributed by atoms with van der Waals surface area (Å²) in [4.78, 5) is 24.7. The van der Waals surface area contributed by atoms with Crippen LogP contribution < -0.4 is 17.0 Å². The molecule has 1 fully saturated rings. The zero-order valence-corrected chi connectivity index (χ0v) is 9.89. The lowest BCUT2D eigenvalue weighted by molar-refractivity contribution is -0.104. The van der Waals surface area contributed by atoms with Gasteiger partial charge in [-0.1, -0.05) is 0 Å². The summed E-state index contributed by atoms with van der Waals surface area (Å²) in [5.74, 6) is 0. The van der Waals surface area contributed by atoms with E-state index in [4.69, 9.17) is 15.6 Å². The zero-order chi connectivity index (χ0) is 14.2. The molecule has 1 saturated heterocycles.